The molecule has 1 amide bonds. The van der Waals surface area contributed by atoms with Crippen LogP contribution in [0.3, 0.4) is 0 Å². The Labute approximate surface area is 98.4 Å². The van der Waals surface area contributed by atoms with Crippen molar-refractivity contribution < 1.29 is 14.6 Å². The molecule has 0 aromatic heterocycles. The number of nitrogens with one attached hydrogen (secondary N) is 1. The number of ether oxygens (including phenoxy) is 1. The summed E-state index contributed by atoms with van der Waals surface area (Å²) in [5.41, 5.74) is -1.15. The zero-order valence-electron chi connectivity index (χ0n) is 11.1. The number of amides is 1. The molecule has 0 unspecified atom stereocenters. The Kier molecular flexibility index (Phi) is 5.79. The summed E-state index contributed by atoms with van der Waals surface area (Å²) in [6.07, 6.45) is 1.51. The Morgan fingerprint density at radius 2 is 1.75 bits per heavy atom. The van der Waals surface area contributed by atoms with Gasteiger partial charge in [-0.2, -0.15) is 0 Å². The molecule has 0 aliphatic heterocycles. The quantitative estimate of drug-likeness (QED) is 0.764. The van der Waals surface area contributed by atoms with Gasteiger partial charge >= 0.3 is 6.09 Å². The number of carbonyl (C=O) groups is 1. The second kappa shape index (κ2) is 6.09. The number of alkyl carbamates (subject to hydrolysis) is 1. The van der Waals surface area contributed by atoms with Gasteiger partial charge < -0.3 is 15.2 Å². The van der Waals surface area contributed by atoms with Crippen LogP contribution in [0.2, 0.25) is 0 Å². The van der Waals surface area contributed by atoms with E-state index in [0.717, 1.165) is 0 Å². The van der Waals surface area contributed by atoms with Crippen LogP contribution in [0.25, 0.3) is 0 Å². The minimum absolute atomic E-state index is 0.429. The van der Waals surface area contributed by atoms with Gasteiger partial charge in [0.15, 0.2) is 0 Å². The van der Waals surface area contributed by atoms with Gasteiger partial charge in [0.25, 0.3) is 0 Å². The molecule has 0 bridgehead atoms. The van der Waals surface area contributed by atoms with Crippen LogP contribution in [0.15, 0.2) is 0 Å². The first-order valence-electron chi connectivity index (χ1n) is 5.91. The highest BCUT2D eigenvalue weighted by Gasteiger charge is 2.22. The van der Waals surface area contributed by atoms with Gasteiger partial charge in [-0.05, 0) is 40.0 Å². The molecule has 4 nitrogen and oxygen atoms in total. The third kappa shape index (κ3) is 6.67. The van der Waals surface area contributed by atoms with E-state index in [1.807, 2.05) is 34.6 Å². The normalized spacial score (nSPS) is 12.4. The summed E-state index contributed by atoms with van der Waals surface area (Å²) in [7, 11) is 0. The number of carbonyl (C=O) groups excluding carboxylic acids is 1. The zero-order chi connectivity index (χ0) is 12.8. The minimum atomic E-state index is -0.672. The highest BCUT2D eigenvalue weighted by Crippen LogP contribution is 2.18. The van der Waals surface area contributed by atoms with Crippen molar-refractivity contribution in [2.45, 2.75) is 65.1 Å². The fraction of sp³-hybridized carbons (Fsp3) is 0.917. The van der Waals surface area contributed by atoms with Crippen molar-refractivity contribution in [1.29, 1.82) is 0 Å². The molecule has 2 N–H and O–H groups in total. The summed E-state index contributed by atoms with van der Waals surface area (Å²) in [6.45, 7) is 9.78. The van der Waals surface area contributed by atoms with Crippen LogP contribution in [0.5, 0.6) is 0 Å². The molecule has 16 heavy (non-hydrogen) atoms. The van der Waals surface area contributed by atoms with Gasteiger partial charge in [-0.15, -0.1) is 0 Å². The van der Waals surface area contributed by atoms with Gasteiger partial charge in [-0.3, -0.25) is 0 Å². The third-order valence-corrected chi connectivity index (χ3v) is 2.57. The molecule has 0 saturated carbocycles. The van der Waals surface area contributed by atoms with Crippen molar-refractivity contribution in [3.63, 3.8) is 0 Å². The average molecular weight is 231 g/mol. The predicted molar refractivity (Wildman–Crippen MR) is 64.4 cm³/mol. The maximum atomic E-state index is 11.3. The van der Waals surface area contributed by atoms with Gasteiger partial charge in [-0.25, -0.2) is 4.79 Å². The molecule has 4 heteroatoms. The number of rotatable bonds is 5. The van der Waals surface area contributed by atoms with E-state index in [9.17, 15) is 9.90 Å². The van der Waals surface area contributed by atoms with Crippen LogP contribution in [0, 0.1) is 0 Å². The molecule has 0 spiro atoms. The van der Waals surface area contributed by atoms with Gasteiger partial charge in [-0.1, -0.05) is 13.8 Å². The maximum absolute atomic E-state index is 11.3. The van der Waals surface area contributed by atoms with E-state index >= 15 is 0 Å². The maximum Gasteiger partial charge on any atom is 0.407 e. The Bertz CT molecular complexity index is 217. The van der Waals surface area contributed by atoms with E-state index < -0.39 is 17.3 Å². The summed E-state index contributed by atoms with van der Waals surface area (Å²) < 4.78 is 5.09. The molecule has 0 aromatic rings. The topological polar surface area (TPSA) is 58.6 Å². The monoisotopic (exact) mass is 231 g/mol. The van der Waals surface area contributed by atoms with Crippen LogP contribution in [0.4, 0.5) is 4.79 Å². The van der Waals surface area contributed by atoms with Gasteiger partial charge in [0.2, 0.25) is 0 Å². The fourth-order valence-corrected chi connectivity index (χ4v) is 1.31. The third-order valence-electron chi connectivity index (χ3n) is 2.57. The molecule has 0 aliphatic rings. The predicted octanol–water partition coefficient (Wildman–Crippen LogP) is 2.45. The summed E-state index contributed by atoms with van der Waals surface area (Å²) in [5, 5.41) is 12.6. The van der Waals surface area contributed by atoms with Crippen molar-refractivity contribution in [1.82, 2.24) is 5.32 Å². The second-order valence-corrected chi connectivity index (χ2v) is 5.11. The fourth-order valence-electron chi connectivity index (χ4n) is 1.31. The molecule has 0 aliphatic carbocycles. The summed E-state index contributed by atoms with van der Waals surface area (Å²) >= 11 is 0. The van der Waals surface area contributed by atoms with Gasteiger partial charge in [0.1, 0.15) is 5.60 Å². The lowest BCUT2D eigenvalue weighted by molar-refractivity contribution is 0.0211. The second-order valence-electron chi connectivity index (χ2n) is 5.11. The molecule has 0 radical (unpaired) electrons. The van der Waals surface area contributed by atoms with Crippen LogP contribution >= 0.6 is 0 Å². The summed E-state index contributed by atoms with van der Waals surface area (Å²) in [6, 6.07) is 0. The number of hydrogen-bond donors (Lipinski definition) is 2. The molecule has 0 saturated heterocycles. The smallest absolute Gasteiger partial charge is 0.407 e. The van der Waals surface area contributed by atoms with Crippen molar-refractivity contribution in [3.05, 3.63) is 0 Å². The highest BCUT2D eigenvalue weighted by molar-refractivity contribution is 5.67. The molecule has 0 atom stereocenters. The Morgan fingerprint density at radius 1 is 1.25 bits per heavy atom. The molecular formula is C12H25NO3. The van der Waals surface area contributed by atoms with Gasteiger partial charge in [0, 0.05) is 6.54 Å². The minimum Gasteiger partial charge on any atom is -0.444 e. The molecule has 0 fully saturated rings. The molecule has 0 aromatic carbocycles. The Balaban J connectivity index is 3.86. The van der Waals surface area contributed by atoms with E-state index in [4.69, 9.17) is 4.74 Å². The van der Waals surface area contributed by atoms with Crippen LogP contribution < -0.4 is 5.32 Å². The van der Waals surface area contributed by atoms with Crippen molar-refractivity contribution in [2.24, 2.45) is 0 Å². The first-order valence-corrected chi connectivity index (χ1v) is 5.91. The van der Waals surface area contributed by atoms with Crippen molar-refractivity contribution >= 4 is 6.09 Å². The van der Waals surface area contributed by atoms with Crippen LogP contribution in [0.1, 0.15) is 53.9 Å². The van der Waals surface area contributed by atoms with E-state index in [-0.39, 0.29) is 0 Å². The summed E-state index contributed by atoms with van der Waals surface area (Å²) in [4.78, 5) is 11.3. The van der Waals surface area contributed by atoms with Crippen molar-refractivity contribution in [2.75, 3.05) is 6.54 Å². The number of aliphatic hydroxyl groups is 1. The first-order chi connectivity index (χ1) is 7.22. The molecular weight excluding hydrogens is 206 g/mol. The SMILES string of the molecule is CCC(O)(CC)CCNC(=O)OC(C)(C)C. The van der Waals surface area contributed by atoms with Crippen molar-refractivity contribution in [3.8, 4) is 0 Å². The van der Waals surface area contributed by atoms with E-state index in [1.54, 1.807) is 0 Å². The first kappa shape index (κ1) is 15.2. The van der Waals surface area contributed by atoms with Crippen LogP contribution in [-0.2, 0) is 4.74 Å². The van der Waals surface area contributed by atoms with Crippen LogP contribution in [-0.4, -0.2) is 28.9 Å². The lowest BCUT2D eigenvalue weighted by Crippen LogP contribution is -2.37. The average Bonchev–Trinajstić information content (AvgIpc) is 2.14. The van der Waals surface area contributed by atoms with E-state index in [0.29, 0.717) is 25.8 Å². The molecule has 96 valence electrons. The largest absolute Gasteiger partial charge is 0.444 e. The Morgan fingerprint density at radius 3 is 2.12 bits per heavy atom. The lowest BCUT2D eigenvalue weighted by atomic mass is 9.94. The summed E-state index contributed by atoms with van der Waals surface area (Å²) in [5.74, 6) is 0. The van der Waals surface area contributed by atoms with E-state index in [1.165, 1.54) is 0 Å². The lowest BCUT2D eigenvalue weighted by Gasteiger charge is -2.25. The standard InChI is InChI=1S/C12H25NO3/c1-6-12(15,7-2)8-9-13-10(14)16-11(3,4)5/h15H,6-9H2,1-5H3,(H,13,14). The highest BCUT2D eigenvalue weighted by atomic mass is 16.6. The molecule has 0 rings (SSSR count). The zero-order valence-corrected chi connectivity index (χ0v) is 11.1. The Hall–Kier alpha value is -0.770. The number of hydrogen-bond acceptors (Lipinski definition) is 3. The van der Waals surface area contributed by atoms with Gasteiger partial charge in [0.05, 0.1) is 5.60 Å². The van der Waals surface area contributed by atoms with E-state index in [2.05, 4.69) is 5.32 Å². The molecule has 0 heterocycles.